The van der Waals surface area contributed by atoms with Gasteiger partial charge in [0.1, 0.15) is 17.4 Å². The third-order valence-electron chi connectivity index (χ3n) is 2.54. The number of anilines is 1. The average Bonchev–Trinajstić information content (AvgIpc) is 2.47. The van der Waals surface area contributed by atoms with Crippen LogP contribution in [0.15, 0.2) is 48.7 Å². The van der Waals surface area contributed by atoms with Crippen LogP contribution in [0.3, 0.4) is 0 Å². The molecular weight excluding hydrogens is 259 g/mol. The van der Waals surface area contributed by atoms with E-state index in [4.69, 9.17) is 4.74 Å². The van der Waals surface area contributed by atoms with Crippen molar-refractivity contribution in [3.05, 3.63) is 60.1 Å². The van der Waals surface area contributed by atoms with Crippen LogP contribution in [-0.4, -0.2) is 18.0 Å². The molecule has 1 aromatic heterocycles. The highest BCUT2D eigenvalue weighted by atomic mass is 19.1. The smallest absolute Gasteiger partial charge is 0.249 e. The number of hydrogen-bond donors (Lipinski definition) is 1. The zero-order valence-corrected chi connectivity index (χ0v) is 10.8. The lowest BCUT2D eigenvalue weighted by molar-refractivity contribution is -0.111. The molecule has 0 spiro atoms. The Balaban J connectivity index is 2.04. The number of rotatable bonds is 4. The third-order valence-corrected chi connectivity index (χ3v) is 2.54. The molecule has 0 atom stereocenters. The fourth-order valence-corrected chi connectivity index (χ4v) is 1.54. The van der Waals surface area contributed by atoms with E-state index in [-0.39, 0.29) is 5.91 Å². The molecule has 102 valence electrons. The van der Waals surface area contributed by atoms with E-state index in [0.29, 0.717) is 17.1 Å². The number of ether oxygens (including phenoxy) is 1. The first kappa shape index (κ1) is 13.7. The van der Waals surface area contributed by atoms with Crippen LogP contribution in [-0.2, 0) is 4.79 Å². The second-order valence-corrected chi connectivity index (χ2v) is 3.93. The summed E-state index contributed by atoms with van der Waals surface area (Å²) in [4.78, 5) is 15.6. The number of benzene rings is 1. The molecule has 20 heavy (non-hydrogen) atoms. The summed E-state index contributed by atoms with van der Waals surface area (Å²) in [7, 11) is 1.46. The topological polar surface area (TPSA) is 51.2 Å². The minimum Gasteiger partial charge on any atom is -0.497 e. The van der Waals surface area contributed by atoms with Crippen LogP contribution in [0, 0.1) is 5.82 Å². The quantitative estimate of drug-likeness (QED) is 0.871. The minimum atomic E-state index is -0.453. The first-order valence-electron chi connectivity index (χ1n) is 5.92. The van der Waals surface area contributed by atoms with Crippen molar-refractivity contribution in [2.24, 2.45) is 0 Å². The van der Waals surface area contributed by atoms with Gasteiger partial charge in [0.05, 0.1) is 7.11 Å². The molecule has 0 radical (unpaired) electrons. The largest absolute Gasteiger partial charge is 0.497 e. The molecule has 0 bridgehead atoms. The summed E-state index contributed by atoms with van der Waals surface area (Å²) in [5.74, 6) is 0.0418. The number of carbonyl (C=O) groups excluding carboxylic acids is 1. The summed E-state index contributed by atoms with van der Waals surface area (Å²) in [5, 5.41) is 2.57. The van der Waals surface area contributed by atoms with Gasteiger partial charge in [-0.3, -0.25) is 4.79 Å². The third kappa shape index (κ3) is 3.65. The van der Waals surface area contributed by atoms with E-state index in [1.807, 2.05) is 0 Å². The molecule has 4 nitrogen and oxygen atoms in total. The number of aromatic nitrogens is 1. The van der Waals surface area contributed by atoms with E-state index in [1.54, 1.807) is 36.5 Å². The Morgan fingerprint density at radius 3 is 2.85 bits per heavy atom. The van der Waals surface area contributed by atoms with Crippen molar-refractivity contribution in [1.29, 1.82) is 0 Å². The lowest BCUT2D eigenvalue weighted by Gasteiger charge is -2.02. The van der Waals surface area contributed by atoms with Crippen LogP contribution in [0.4, 0.5) is 10.2 Å². The lowest BCUT2D eigenvalue weighted by atomic mass is 10.2. The maximum atomic E-state index is 13.6. The summed E-state index contributed by atoms with van der Waals surface area (Å²) in [5.41, 5.74) is 0.307. The highest BCUT2D eigenvalue weighted by Crippen LogP contribution is 2.17. The van der Waals surface area contributed by atoms with E-state index in [9.17, 15) is 9.18 Å². The summed E-state index contributed by atoms with van der Waals surface area (Å²) < 4.78 is 18.5. The average molecular weight is 272 g/mol. The SMILES string of the molecule is COc1ccc(/C=C/C(=O)Nc2ccccn2)c(F)c1. The van der Waals surface area contributed by atoms with Gasteiger partial charge in [-0.1, -0.05) is 6.07 Å². The van der Waals surface area contributed by atoms with Gasteiger partial charge in [-0.15, -0.1) is 0 Å². The minimum absolute atomic E-state index is 0.307. The molecule has 1 aromatic carbocycles. The highest BCUT2D eigenvalue weighted by Gasteiger charge is 2.02. The van der Waals surface area contributed by atoms with Crippen molar-refractivity contribution in [2.45, 2.75) is 0 Å². The fourth-order valence-electron chi connectivity index (χ4n) is 1.54. The summed E-state index contributed by atoms with van der Waals surface area (Å²) in [6.45, 7) is 0. The van der Waals surface area contributed by atoms with E-state index in [2.05, 4.69) is 10.3 Å². The Bertz CT molecular complexity index is 627. The number of nitrogens with zero attached hydrogens (tertiary/aromatic N) is 1. The Labute approximate surface area is 115 Å². The molecule has 2 aromatic rings. The number of amides is 1. The van der Waals surface area contributed by atoms with Gasteiger partial charge in [0.25, 0.3) is 0 Å². The van der Waals surface area contributed by atoms with Crippen molar-refractivity contribution in [1.82, 2.24) is 4.98 Å². The van der Waals surface area contributed by atoms with Crippen molar-refractivity contribution in [3.63, 3.8) is 0 Å². The van der Waals surface area contributed by atoms with Crippen LogP contribution in [0.5, 0.6) is 5.75 Å². The molecule has 1 amide bonds. The zero-order valence-electron chi connectivity index (χ0n) is 10.8. The standard InChI is InChI=1S/C15H13FN2O2/c1-20-12-7-5-11(13(16)10-12)6-8-15(19)18-14-4-2-3-9-17-14/h2-10H,1H3,(H,17,18,19)/b8-6+. The zero-order chi connectivity index (χ0) is 14.4. The molecule has 0 unspecified atom stereocenters. The van der Waals surface area contributed by atoms with Gasteiger partial charge in [0.2, 0.25) is 5.91 Å². The summed E-state index contributed by atoms with van der Waals surface area (Å²) in [6.07, 6.45) is 4.22. The molecule has 0 aliphatic rings. The molecule has 0 aliphatic carbocycles. The van der Waals surface area contributed by atoms with E-state index >= 15 is 0 Å². The second kappa shape index (κ2) is 6.47. The summed E-state index contributed by atoms with van der Waals surface area (Å²) in [6, 6.07) is 9.60. The number of pyridine rings is 1. The molecule has 0 fully saturated rings. The van der Waals surface area contributed by atoms with Crippen LogP contribution < -0.4 is 10.1 Å². The molecule has 1 heterocycles. The van der Waals surface area contributed by atoms with Crippen molar-refractivity contribution < 1.29 is 13.9 Å². The van der Waals surface area contributed by atoms with Gasteiger partial charge in [-0.2, -0.15) is 0 Å². The van der Waals surface area contributed by atoms with E-state index in [1.165, 1.54) is 25.3 Å². The van der Waals surface area contributed by atoms with Crippen molar-refractivity contribution >= 4 is 17.8 Å². The highest BCUT2D eigenvalue weighted by molar-refractivity contribution is 6.01. The Kier molecular flexibility index (Phi) is 4.44. The second-order valence-electron chi connectivity index (χ2n) is 3.93. The van der Waals surface area contributed by atoms with Gasteiger partial charge in [-0.25, -0.2) is 9.37 Å². The first-order valence-corrected chi connectivity index (χ1v) is 5.92. The first-order chi connectivity index (χ1) is 9.69. The molecule has 0 saturated heterocycles. The number of hydrogen-bond acceptors (Lipinski definition) is 3. The fraction of sp³-hybridized carbons (Fsp3) is 0.0667. The van der Waals surface area contributed by atoms with Crippen LogP contribution >= 0.6 is 0 Å². The van der Waals surface area contributed by atoms with Crippen molar-refractivity contribution in [2.75, 3.05) is 12.4 Å². The van der Waals surface area contributed by atoms with Crippen LogP contribution in [0.1, 0.15) is 5.56 Å². The van der Waals surface area contributed by atoms with Crippen molar-refractivity contribution in [3.8, 4) is 5.75 Å². The molecule has 5 heteroatoms. The Morgan fingerprint density at radius 1 is 1.35 bits per heavy atom. The maximum absolute atomic E-state index is 13.6. The van der Waals surface area contributed by atoms with Gasteiger partial charge < -0.3 is 10.1 Å². The molecule has 0 saturated carbocycles. The Hall–Kier alpha value is -2.69. The van der Waals surface area contributed by atoms with Gasteiger partial charge >= 0.3 is 0 Å². The molecule has 1 N–H and O–H groups in total. The summed E-state index contributed by atoms with van der Waals surface area (Å²) >= 11 is 0. The lowest BCUT2D eigenvalue weighted by Crippen LogP contribution is -2.08. The normalized spacial score (nSPS) is 10.5. The van der Waals surface area contributed by atoms with Gasteiger partial charge in [-0.05, 0) is 30.3 Å². The Morgan fingerprint density at radius 2 is 2.20 bits per heavy atom. The molecular formula is C15H13FN2O2. The van der Waals surface area contributed by atoms with Gasteiger partial charge in [0, 0.05) is 23.9 Å². The number of nitrogens with one attached hydrogen (secondary N) is 1. The predicted octanol–water partition coefficient (Wildman–Crippen LogP) is 2.88. The monoisotopic (exact) mass is 272 g/mol. The number of halogens is 1. The molecule has 0 aliphatic heterocycles. The van der Waals surface area contributed by atoms with E-state index in [0.717, 1.165) is 0 Å². The maximum Gasteiger partial charge on any atom is 0.249 e. The van der Waals surface area contributed by atoms with Crippen LogP contribution in [0.25, 0.3) is 6.08 Å². The van der Waals surface area contributed by atoms with Crippen LogP contribution in [0.2, 0.25) is 0 Å². The number of methoxy groups -OCH3 is 1. The molecule has 2 rings (SSSR count). The number of carbonyl (C=O) groups is 1. The van der Waals surface area contributed by atoms with Gasteiger partial charge in [0.15, 0.2) is 0 Å². The van der Waals surface area contributed by atoms with E-state index < -0.39 is 5.82 Å². The predicted molar refractivity (Wildman–Crippen MR) is 74.9 cm³/mol.